The Hall–Kier alpha value is -1.58. The average Bonchev–Trinajstić information content (AvgIpc) is 2.13. The molecule has 1 aromatic rings. The first-order chi connectivity index (χ1) is 8.10. The Morgan fingerprint density at radius 3 is 1.94 bits per heavy atom. The minimum Gasteiger partial charge on any atom is -0.334 e. The molecule has 0 saturated heterocycles. The number of hydrogen-bond donors (Lipinski definition) is 2. The fourth-order valence-electron chi connectivity index (χ4n) is 1.59. The van der Waals surface area contributed by atoms with Crippen molar-refractivity contribution in [1.82, 2.24) is 10.6 Å². The van der Waals surface area contributed by atoms with Gasteiger partial charge in [0.1, 0.15) is 5.82 Å². The van der Waals surface area contributed by atoms with E-state index in [0.717, 1.165) is 5.56 Å². The topological polar surface area (TPSA) is 41.1 Å². The van der Waals surface area contributed by atoms with Crippen molar-refractivity contribution in [3.05, 3.63) is 35.6 Å². The first kappa shape index (κ1) is 14.5. The Labute approximate surface area is 108 Å². The molecule has 1 aromatic carbocycles. The number of hydrogen-bond acceptors (Lipinski definition) is 1. The van der Waals surface area contributed by atoms with Gasteiger partial charge in [-0.05, 0) is 52.3 Å². The molecule has 0 saturated carbocycles. The molecule has 3 nitrogen and oxygen atoms in total. The molecule has 1 rings (SSSR count). The fraction of sp³-hybridized carbons (Fsp3) is 0.500. The molecule has 0 fully saturated rings. The molecular formula is C14H21FN2O. The summed E-state index contributed by atoms with van der Waals surface area (Å²) in [5, 5.41) is 5.71. The maximum absolute atomic E-state index is 12.9. The van der Waals surface area contributed by atoms with Gasteiger partial charge in [0.2, 0.25) is 0 Å². The van der Waals surface area contributed by atoms with Crippen LogP contribution >= 0.6 is 0 Å². The van der Waals surface area contributed by atoms with Crippen LogP contribution in [0.4, 0.5) is 9.18 Å². The molecule has 100 valence electrons. The van der Waals surface area contributed by atoms with Crippen molar-refractivity contribution < 1.29 is 9.18 Å². The minimum atomic E-state index is -0.553. The quantitative estimate of drug-likeness (QED) is 0.834. The summed E-state index contributed by atoms with van der Waals surface area (Å²) in [5.41, 5.74) is 0.0133. The van der Waals surface area contributed by atoms with Crippen molar-refractivity contribution in [1.29, 1.82) is 0 Å². The summed E-state index contributed by atoms with van der Waals surface area (Å²) < 4.78 is 12.9. The van der Waals surface area contributed by atoms with Crippen LogP contribution in [0.1, 0.15) is 40.2 Å². The molecule has 0 spiro atoms. The van der Waals surface area contributed by atoms with E-state index in [2.05, 4.69) is 10.6 Å². The van der Waals surface area contributed by atoms with E-state index in [-0.39, 0.29) is 17.4 Å². The third-order valence-corrected chi connectivity index (χ3v) is 2.48. The van der Waals surface area contributed by atoms with Crippen molar-refractivity contribution in [2.24, 2.45) is 0 Å². The molecule has 4 heteroatoms. The summed E-state index contributed by atoms with van der Waals surface area (Å²) in [6, 6.07) is 5.89. The Morgan fingerprint density at radius 2 is 1.50 bits per heavy atom. The first-order valence-corrected chi connectivity index (χ1v) is 5.96. The van der Waals surface area contributed by atoms with E-state index in [1.54, 1.807) is 12.1 Å². The number of carbonyl (C=O) groups excluding carboxylic acids is 1. The Bertz CT molecular complexity index is 418. The van der Waals surface area contributed by atoms with Crippen LogP contribution in [0.2, 0.25) is 0 Å². The molecule has 18 heavy (non-hydrogen) atoms. The van der Waals surface area contributed by atoms with Crippen LogP contribution in [-0.4, -0.2) is 11.6 Å². The highest BCUT2D eigenvalue weighted by molar-refractivity contribution is 5.75. The molecule has 0 aliphatic heterocycles. The molecule has 0 aromatic heterocycles. The second-order valence-corrected chi connectivity index (χ2v) is 5.96. The zero-order valence-corrected chi connectivity index (χ0v) is 11.6. The van der Waals surface area contributed by atoms with E-state index in [0.29, 0.717) is 0 Å². The highest BCUT2D eigenvalue weighted by atomic mass is 19.1. The van der Waals surface area contributed by atoms with E-state index < -0.39 is 5.54 Å². The van der Waals surface area contributed by atoms with Gasteiger partial charge in [0.25, 0.3) is 0 Å². The van der Waals surface area contributed by atoms with E-state index in [1.807, 2.05) is 34.6 Å². The van der Waals surface area contributed by atoms with Crippen LogP contribution in [-0.2, 0) is 5.54 Å². The molecule has 0 bridgehead atoms. The Morgan fingerprint density at radius 1 is 1.00 bits per heavy atom. The molecule has 0 unspecified atom stereocenters. The monoisotopic (exact) mass is 252 g/mol. The van der Waals surface area contributed by atoms with Gasteiger partial charge in [-0.2, -0.15) is 0 Å². The fourth-order valence-corrected chi connectivity index (χ4v) is 1.59. The number of benzene rings is 1. The smallest absolute Gasteiger partial charge is 0.315 e. The lowest BCUT2D eigenvalue weighted by Gasteiger charge is -2.29. The van der Waals surface area contributed by atoms with Gasteiger partial charge in [-0.3, -0.25) is 0 Å². The largest absolute Gasteiger partial charge is 0.334 e. The summed E-state index contributed by atoms with van der Waals surface area (Å²) in [6.07, 6.45) is 0. The van der Waals surface area contributed by atoms with Crippen LogP contribution in [0.3, 0.4) is 0 Å². The minimum absolute atomic E-state index is 0.239. The molecule has 2 amide bonds. The van der Waals surface area contributed by atoms with Crippen LogP contribution < -0.4 is 10.6 Å². The van der Waals surface area contributed by atoms with Gasteiger partial charge >= 0.3 is 6.03 Å². The maximum Gasteiger partial charge on any atom is 0.315 e. The third kappa shape index (κ3) is 4.35. The summed E-state index contributed by atoms with van der Waals surface area (Å²) >= 11 is 0. The number of nitrogens with one attached hydrogen (secondary N) is 2. The van der Waals surface area contributed by atoms with Crippen LogP contribution in [0.15, 0.2) is 24.3 Å². The van der Waals surface area contributed by atoms with Crippen LogP contribution in [0.5, 0.6) is 0 Å². The highest BCUT2D eigenvalue weighted by Gasteiger charge is 2.24. The summed E-state index contributed by atoms with van der Waals surface area (Å²) in [4.78, 5) is 11.8. The number of halogens is 1. The van der Waals surface area contributed by atoms with Crippen molar-refractivity contribution >= 4 is 6.03 Å². The average molecular weight is 252 g/mol. The Kier molecular flexibility index (Phi) is 3.99. The third-order valence-electron chi connectivity index (χ3n) is 2.48. The normalized spacial score (nSPS) is 12.1. The van der Waals surface area contributed by atoms with Gasteiger partial charge in [0.15, 0.2) is 0 Å². The number of carbonyl (C=O) groups is 1. The van der Waals surface area contributed by atoms with Gasteiger partial charge in [-0.1, -0.05) is 12.1 Å². The van der Waals surface area contributed by atoms with Gasteiger partial charge in [-0.25, -0.2) is 9.18 Å². The van der Waals surface area contributed by atoms with Gasteiger partial charge in [0.05, 0.1) is 5.54 Å². The van der Waals surface area contributed by atoms with Crippen LogP contribution in [0.25, 0.3) is 0 Å². The standard InChI is InChI=1S/C14H21FN2O/c1-13(2,3)16-12(18)17-14(4,5)10-6-8-11(15)9-7-10/h6-9H,1-5H3,(H2,16,17,18). The van der Waals surface area contributed by atoms with Crippen molar-refractivity contribution in [3.8, 4) is 0 Å². The first-order valence-electron chi connectivity index (χ1n) is 5.96. The molecule has 0 aliphatic rings. The Balaban J connectivity index is 2.75. The molecule has 2 N–H and O–H groups in total. The molecule has 0 radical (unpaired) electrons. The number of rotatable bonds is 2. The van der Waals surface area contributed by atoms with Gasteiger partial charge in [-0.15, -0.1) is 0 Å². The second-order valence-electron chi connectivity index (χ2n) is 5.96. The van der Waals surface area contributed by atoms with Crippen LogP contribution in [0, 0.1) is 5.82 Å². The summed E-state index contributed by atoms with van der Waals surface area (Å²) in [7, 11) is 0. The SMILES string of the molecule is CC(C)(C)NC(=O)NC(C)(C)c1ccc(F)cc1. The zero-order chi connectivity index (χ0) is 14.0. The van der Waals surface area contributed by atoms with Gasteiger partial charge in [0, 0.05) is 5.54 Å². The number of urea groups is 1. The molecular weight excluding hydrogens is 231 g/mol. The lowest BCUT2D eigenvalue weighted by Crippen LogP contribution is -2.52. The van der Waals surface area contributed by atoms with E-state index in [9.17, 15) is 9.18 Å². The van der Waals surface area contributed by atoms with E-state index in [1.165, 1.54) is 12.1 Å². The lowest BCUT2D eigenvalue weighted by molar-refractivity contribution is 0.221. The second kappa shape index (κ2) is 4.96. The summed E-state index contributed by atoms with van der Waals surface area (Å²) in [6.45, 7) is 9.50. The van der Waals surface area contributed by atoms with E-state index >= 15 is 0 Å². The van der Waals surface area contributed by atoms with E-state index in [4.69, 9.17) is 0 Å². The predicted molar refractivity (Wildman–Crippen MR) is 70.8 cm³/mol. The predicted octanol–water partition coefficient (Wildman–Crippen LogP) is 3.16. The van der Waals surface area contributed by atoms with Crippen molar-refractivity contribution in [2.45, 2.75) is 45.7 Å². The molecule has 0 atom stereocenters. The van der Waals surface area contributed by atoms with Crippen molar-refractivity contribution in [3.63, 3.8) is 0 Å². The lowest BCUT2D eigenvalue weighted by atomic mass is 9.94. The molecule has 0 aliphatic carbocycles. The maximum atomic E-state index is 12.9. The summed E-state index contributed by atoms with van der Waals surface area (Å²) in [5.74, 6) is -0.284. The van der Waals surface area contributed by atoms with Crippen molar-refractivity contribution in [2.75, 3.05) is 0 Å². The number of amides is 2. The highest BCUT2D eigenvalue weighted by Crippen LogP contribution is 2.20. The zero-order valence-electron chi connectivity index (χ0n) is 11.6. The molecule has 0 heterocycles. The van der Waals surface area contributed by atoms with Gasteiger partial charge < -0.3 is 10.6 Å².